The van der Waals surface area contributed by atoms with Crippen LogP contribution >= 0.6 is 0 Å². The summed E-state index contributed by atoms with van der Waals surface area (Å²) in [5.41, 5.74) is 1.84. The minimum Gasteiger partial charge on any atom is -0.413 e. The van der Waals surface area contributed by atoms with E-state index in [1.54, 1.807) is 0 Å². The molecule has 1 N–H and O–H groups in total. The topological polar surface area (TPSA) is 71.8 Å². The molecule has 0 amide bonds. The third-order valence-corrected chi connectivity index (χ3v) is 3.40. The Morgan fingerprint density at radius 3 is 2.95 bits per heavy atom. The molecule has 0 saturated heterocycles. The molecule has 1 aliphatic rings. The minimum atomic E-state index is -0.0291. The summed E-state index contributed by atoms with van der Waals surface area (Å²) in [6.07, 6.45) is 3.69. The maximum Gasteiger partial charge on any atom is 0.284 e. The van der Waals surface area contributed by atoms with Crippen LogP contribution in [-0.2, 0) is 0 Å². The molecule has 2 heterocycles. The lowest BCUT2D eigenvalue weighted by molar-refractivity contribution is 0.0934. The number of hydrogen-bond donors (Lipinski definition) is 1. The Balaban J connectivity index is 1.78. The second-order valence-electron chi connectivity index (χ2n) is 4.80. The van der Waals surface area contributed by atoms with Crippen LogP contribution in [0.15, 0.2) is 34.9 Å². The normalized spacial score (nSPS) is 14.9. The number of nitrogens with zero attached hydrogens (tertiary/aromatic N) is 2. The largest absolute Gasteiger partial charge is 0.413 e. The number of benzene rings is 1. The van der Waals surface area contributed by atoms with Gasteiger partial charge in [-0.15, -0.1) is 10.2 Å². The molecule has 5 nitrogen and oxygen atoms in total. The van der Waals surface area contributed by atoms with Gasteiger partial charge in [0.05, 0.1) is 5.56 Å². The molecule has 0 aliphatic heterocycles. The number of rotatable bonds is 3. The lowest BCUT2D eigenvalue weighted by atomic mass is 10.2. The number of H-pyrrole nitrogens is 1. The van der Waals surface area contributed by atoms with Crippen molar-refractivity contribution >= 4 is 16.7 Å². The average Bonchev–Trinajstić information content (AvgIpc) is 3.01. The molecule has 1 aromatic carbocycles. The van der Waals surface area contributed by atoms with Gasteiger partial charge >= 0.3 is 0 Å². The highest BCUT2D eigenvalue weighted by molar-refractivity contribution is 5.96. The fourth-order valence-corrected chi connectivity index (χ4v) is 2.20. The zero-order valence-corrected chi connectivity index (χ0v) is 10.1. The third-order valence-electron chi connectivity index (χ3n) is 3.40. The molecular formula is C14H11N3O2. The van der Waals surface area contributed by atoms with E-state index in [0.717, 1.165) is 29.3 Å². The maximum atomic E-state index is 11.8. The van der Waals surface area contributed by atoms with Gasteiger partial charge in [0.1, 0.15) is 0 Å². The Bertz CT molecular complexity index is 768. The number of carbonyl (C=O) groups is 1. The second kappa shape index (κ2) is 3.78. The van der Waals surface area contributed by atoms with Crippen LogP contribution in [0.1, 0.15) is 23.5 Å². The molecule has 5 heteroatoms. The molecular weight excluding hydrogens is 242 g/mol. The van der Waals surface area contributed by atoms with E-state index in [4.69, 9.17) is 4.42 Å². The lowest BCUT2D eigenvalue weighted by Gasteiger charge is -1.92. The Kier molecular flexibility index (Phi) is 2.09. The van der Waals surface area contributed by atoms with Gasteiger partial charge in [0, 0.05) is 23.0 Å². The number of carbonyl (C=O) groups excluding carboxylic acids is 1. The van der Waals surface area contributed by atoms with Gasteiger partial charge in [-0.2, -0.15) is 0 Å². The van der Waals surface area contributed by atoms with Gasteiger partial charge < -0.3 is 9.40 Å². The van der Waals surface area contributed by atoms with E-state index in [-0.39, 0.29) is 17.6 Å². The van der Waals surface area contributed by atoms with Crippen molar-refractivity contribution in [1.82, 2.24) is 15.2 Å². The lowest BCUT2D eigenvalue weighted by Crippen LogP contribution is -2.01. The predicted molar refractivity (Wildman–Crippen MR) is 68.6 cm³/mol. The van der Waals surface area contributed by atoms with E-state index < -0.39 is 0 Å². The summed E-state index contributed by atoms with van der Waals surface area (Å²) in [7, 11) is 0. The first kappa shape index (κ1) is 10.5. The quantitative estimate of drug-likeness (QED) is 0.728. The van der Waals surface area contributed by atoms with E-state index in [1.807, 2.05) is 30.5 Å². The Morgan fingerprint density at radius 1 is 1.26 bits per heavy atom. The van der Waals surface area contributed by atoms with Gasteiger partial charge in [0.25, 0.3) is 5.89 Å². The van der Waals surface area contributed by atoms with E-state index in [1.165, 1.54) is 0 Å². The molecule has 0 bridgehead atoms. The summed E-state index contributed by atoms with van der Waals surface area (Å²) in [5, 5.41) is 8.85. The van der Waals surface area contributed by atoms with E-state index in [9.17, 15) is 4.79 Å². The van der Waals surface area contributed by atoms with E-state index in [2.05, 4.69) is 15.2 Å². The molecule has 4 rings (SSSR count). The second-order valence-corrected chi connectivity index (χ2v) is 4.80. The van der Waals surface area contributed by atoms with Crippen molar-refractivity contribution in [2.24, 2.45) is 5.92 Å². The number of nitrogens with one attached hydrogen (secondary N) is 1. The van der Waals surface area contributed by atoms with Gasteiger partial charge in [0.2, 0.25) is 11.7 Å². The van der Waals surface area contributed by atoms with Gasteiger partial charge in [-0.25, -0.2) is 0 Å². The van der Waals surface area contributed by atoms with Crippen molar-refractivity contribution in [3.63, 3.8) is 0 Å². The Hall–Kier alpha value is -2.43. The molecule has 0 spiro atoms. The number of fused-ring (bicyclic) bond motifs is 1. The number of Topliss-reactive ketones (excluding diaryl/α,β-unsaturated/α-hetero) is 1. The highest BCUT2D eigenvalue weighted by Gasteiger charge is 2.34. The van der Waals surface area contributed by atoms with Gasteiger partial charge in [0.15, 0.2) is 0 Å². The summed E-state index contributed by atoms with van der Waals surface area (Å²) in [4.78, 5) is 15.0. The predicted octanol–water partition coefficient (Wildman–Crippen LogP) is 2.81. The van der Waals surface area contributed by atoms with Crippen molar-refractivity contribution in [3.8, 4) is 11.5 Å². The zero-order valence-electron chi connectivity index (χ0n) is 10.1. The summed E-state index contributed by atoms with van der Waals surface area (Å²) in [5.74, 6) is 0.582. The molecule has 0 atom stereocenters. The SMILES string of the molecule is O=C(c1nnc(-c2c[nH]c3ccccc23)o1)C1CC1. The van der Waals surface area contributed by atoms with Crippen molar-refractivity contribution in [2.75, 3.05) is 0 Å². The fraction of sp³-hybridized carbons (Fsp3) is 0.214. The molecule has 1 saturated carbocycles. The zero-order chi connectivity index (χ0) is 12.8. The summed E-state index contributed by atoms with van der Waals surface area (Å²) >= 11 is 0. The summed E-state index contributed by atoms with van der Waals surface area (Å²) < 4.78 is 5.51. The van der Waals surface area contributed by atoms with Crippen LogP contribution in [0.25, 0.3) is 22.4 Å². The minimum absolute atomic E-state index is 0.0291. The Labute approximate surface area is 108 Å². The van der Waals surface area contributed by atoms with Crippen molar-refractivity contribution < 1.29 is 9.21 Å². The van der Waals surface area contributed by atoms with Crippen molar-refractivity contribution in [2.45, 2.75) is 12.8 Å². The van der Waals surface area contributed by atoms with Crippen molar-refractivity contribution in [3.05, 3.63) is 36.4 Å². The number of para-hydroxylation sites is 1. The highest BCUT2D eigenvalue weighted by Crippen LogP contribution is 2.33. The molecule has 1 aliphatic carbocycles. The van der Waals surface area contributed by atoms with Crippen LogP contribution in [0.5, 0.6) is 0 Å². The molecule has 3 aromatic rings. The van der Waals surface area contributed by atoms with Gasteiger partial charge in [-0.1, -0.05) is 18.2 Å². The number of hydrogen-bond acceptors (Lipinski definition) is 4. The summed E-state index contributed by atoms with van der Waals surface area (Å²) in [6.45, 7) is 0. The van der Waals surface area contributed by atoms with E-state index in [0.29, 0.717) is 5.89 Å². The maximum absolute atomic E-state index is 11.8. The summed E-state index contributed by atoms with van der Waals surface area (Å²) in [6, 6.07) is 7.87. The van der Waals surface area contributed by atoms with Crippen LogP contribution in [0, 0.1) is 5.92 Å². The standard InChI is InChI=1S/C14H11N3O2/c18-12(8-5-6-8)14-17-16-13(19-14)10-7-15-11-4-2-1-3-9(10)11/h1-4,7-8,15H,5-6H2. The van der Waals surface area contributed by atoms with Crippen molar-refractivity contribution in [1.29, 1.82) is 0 Å². The molecule has 2 aromatic heterocycles. The first-order valence-corrected chi connectivity index (χ1v) is 6.27. The van der Waals surface area contributed by atoms with Crippen LogP contribution in [0.3, 0.4) is 0 Å². The monoisotopic (exact) mass is 253 g/mol. The molecule has 94 valence electrons. The van der Waals surface area contributed by atoms with Crippen LogP contribution < -0.4 is 0 Å². The molecule has 0 unspecified atom stereocenters. The van der Waals surface area contributed by atoms with Crippen LogP contribution in [0.2, 0.25) is 0 Å². The van der Waals surface area contributed by atoms with Gasteiger partial charge in [-0.3, -0.25) is 4.79 Å². The first-order valence-electron chi connectivity index (χ1n) is 6.27. The van der Waals surface area contributed by atoms with Crippen LogP contribution in [0.4, 0.5) is 0 Å². The number of aromatic nitrogens is 3. The molecule has 19 heavy (non-hydrogen) atoms. The smallest absolute Gasteiger partial charge is 0.284 e. The van der Waals surface area contributed by atoms with E-state index >= 15 is 0 Å². The third kappa shape index (κ3) is 1.66. The number of aromatic amines is 1. The molecule has 1 fully saturated rings. The van der Waals surface area contributed by atoms with Crippen LogP contribution in [-0.4, -0.2) is 21.0 Å². The first-order chi connectivity index (χ1) is 9.33. The average molecular weight is 253 g/mol. The Morgan fingerprint density at radius 2 is 2.11 bits per heavy atom. The molecule has 0 radical (unpaired) electrons. The fourth-order valence-electron chi connectivity index (χ4n) is 2.20. The highest BCUT2D eigenvalue weighted by atomic mass is 16.4. The van der Waals surface area contributed by atoms with Gasteiger partial charge in [-0.05, 0) is 18.9 Å². The number of ketones is 1.